The summed E-state index contributed by atoms with van der Waals surface area (Å²) in [5.74, 6) is 0.0924. The predicted molar refractivity (Wildman–Crippen MR) is 63.3 cm³/mol. The van der Waals surface area contributed by atoms with E-state index in [4.69, 9.17) is 11.5 Å². The number of nitrogens with one attached hydrogen (secondary N) is 1. The smallest absolute Gasteiger partial charge is 0.208 e. The molecule has 0 aromatic heterocycles. The minimum absolute atomic E-state index is 0.0924. The van der Waals surface area contributed by atoms with Crippen molar-refractivity contribution in [1.82, 2.24) is 10.3 Å². The Morgan fingerprint density at radius 1 is 1.33 bits per heavy atom. The highest BCUT2D eigenvalue weighted by atomic mass is 15.3. The molecule has 0 bridgehead atoms. The van der Waals surface area contributed by atoms with Gasteiger partial charge in [0.05, 0.1) is 0 Å². The van der Waals surface area contributed by atoms with E-state index >= 15 is 0 Å². The Balaban J connectivity index is 2.26. The normalized spacial score (nSPS) is 27.3. The van der Waals surface area contributed by atoms with Crippen LogP contribution in [0.4, 0.5) is 0 Å². The van der Waals surface area contributed by atoms with Crippen LogP contribution in [0.2, 0.25) is 0 Å². The van der Waals surface area contributed by atoms with Crippen LogP contribution < -0.4 is 16.9 Å². The van der Waals surface area contributed by atoms with Crippen LogP contribution in [0.5, 0.6) is 0 Å². The summed E-state index contributed by atoms with van der Waals surface area (Å²) < 4.78 is 0. The van der Waals surface area contributed by atoms with Gasteiger partial charge in [-0.15, -0.1) is 5.10 Å². The molecule has 5 nitrogen and oxygen atoms in total. The van der Waals surface area contributed by atoms with Crippen LogP contribution in [0.3, 0.4) is 0 Å². The highest BCUT2D eigenvalue weighted by molar-refractivity contribution is 5.75. The summed E-state index contributed by atoms with van der Waals surface area (Å²) in [5, 5.41) is 3.75. The fourth-order valence-electron chi connectivity index (χ4n) is 2.24. The lowest BCUT2D eigenvalue weighted by molar-refractivity contribution is 0.105. The van der Waals surface area contributed by atoms with Crippen molar-refractivity contribution >= 4 is 5.96 Å². The third kappa shape index (κ3) is 3.95. The number of hydrogen-bond acceptors (Lipinski definition) is 3. The number of rotatable bonds is 4. The molecule has 1 saturated heterocycles. The zero-order valence-electron chi connectivity index (χ0n) is 9.74. The van der Waals surface area contributed by atoms with E-state index in [1.165, 1.54) is 19.3 Å². The first-order valence-electron chi connectivity index (χ1n) is 5.68. The van der Waals surface area contributed by atoms with Gasteiger partial charge in [-0.2, -0.15) is 0 Å². The van der Waals surface area contributed by atoms with Gasteiger partial charge >= 0.3 is 0 Å². The molecule has 1 heterocycles. The van der Waals surface area contributed by atoms with Gasteiger partial charge in [-0.3, -0.25) is 4.90 Å². The lowest BCUT2D eigenvalue weighted by atomic mass is 9.98. The monoisotopic (exact) mass is 213 g/mol. The number of piperidine rings is 1. The van der Waals surface area contributed by atoms with Crippen molar-refractivity contribution in [2.75, 3.05) is 13.1 Å². The summed E-state index contributed by atoms with van der Waals surface area (Å²) in [6.45, 7) is 6.37. The number of likely N-dealkylation sites (tertiary alicyclic amines) is 1. The number of nitrogens with two attached hydrogens (primary N) is 2. The average molecular weight is 213 g/mol. The lowest BCUT2D eigenvalue weighted by Gasteiger charge is -2.38. The van der Waals surface area contributed by atoms with Crippen LogP contribution in [-0.2, 0) is 0 Å². The molecule has 88 valence electrons. The minimum Gasteiger partial charge on any atom is -0.369 e. The van der Waals surface area contributed by atoms with Crippen molar-refractivity contribution in [3.05, 3.63) is 0 Å². The summed E-state index contributed by atoms with van der Waals surface area (Å²) in [5.41, 5.74) is 13.3. The Morgan fingerprint density at radius 3 is 2.47 bits per heavy atom. The first kappa shape index (κ1) is 12.1. The molecule has 5 heteroatoms. The van der Waals surface area contributed by atoms with Gasteiger partial charge in [0.15, 0.2) is 0 Å². The number of guanidine groups is 1. The lowest BCUT2D eigenvalue weighted by Crippen LogP contribution is -2.46. The van der Waals surface area contributed by atoms with E-state index in [1.54, 1.807) is 0 Å². The Morgan fingerprint density at radius 2 is 1.93 bits per heavy atom. The second kappa shape index (κ2) is 5.80. The zero-order valence-corrected chi connectivity index (χ0v) is 9.74. The molecule has 1 rings (SSSR count). The highest BCUT2D eigenvalue weighted by Crippen LogP contribution is 2.21. The Kier molecular flexibility index (Phi) is 4.68. The molecule has 0 aromatic carbocycles. The maximum Gasteiger partial charge on any atom is 0.208 e. The molecule has 0 aliphatic carbocycles. The standard InChI is InChI=1S/C10H23N5/c1-8-4-3-5-9(2)15(8)7-6-13-14-10(11)12/h8-9,13H,3-7H2,1-2H3,(H4,11,12,14). The highest BCUT2D eigenvalue weighted by Gasteiger charge is 2.23. The van der Waals surface area contributed by atoms with Gasteiger partial charge in [-0.25, -0.2) is 0 Å². The van der Waals surface area contributed by atoms with Crippen LogP contribution in [0.15, 0.2) is 5.10 Å². The fraction of sp³-hybridized carbons (Fsp3) is 0.900. The largest absolute Gasteiger partial charge is 0.369 e. The summed E-state index contributed by atoms with van der Waals surface area (Å²) >= 11 is 0. The van der Waals surface area contributed by atoms with Gasteiger partial charge in [-0.05, 0) is 26.7 Å². The van der Waals surface area contributed by atoms with Crippen LogP contribution in [0, 0.1) is 0 Å². The van der Waals surface area contributed by atoms with E-state index in [2.05, 4.69) is 29.3 Å². The van der Waals surface area contributed by atoms with Crippen molar-refractivity contribution in [2.45, 2.75) is 45.2 Å². The zero-order chi connectivity index (χ0) is 11.3. The molecule has 15 heavy (non-hydrogen) atoms. The second-order valence-electron chi connectivity index (χ2n) is 4.31. The van der Waals surface area contributed by atoms with Crippen LogP contribution in [0.1, 0.15) is 33.1 Å². The second-order valence-corrected chi connectivity index (χ2v) is 4.31. The van der Waals surface area contributed by atoms with Crippen molar-refractivity contribution in [1.29, 1.82) is 0 Å². The average Bonchev–Trinajstić information content (AvgIpc) is 2.15. The quantitative estimate of drug-likeness (QED) is 0.266. The van der Waals surface area contributed by atoms with Gasteiger partial charge in [0.25, 0.3) is 0 Å². The summed E-state index contributed by atoms with van der Waals surface area (Å²) in [7, 11) is 0. The van der Waals surface area contributed by atoms with Crippen LogP contribution in [-0.4, -0.2) is 36.0 Å². The first-order valence-corrected chi connectivity index (χ1v) is 5.68. The van der Waals surface area contributed by atoms with E-state index in [-0.39, 0.29) is 5.96 Å². The Hall–Kier alpha value is -0.970. The molecule has 1 fully saturated rings. The molecule has 2 atom stereocenters. The van der Waals surface area contributed by atoms with Gasteiger partial charge in [-0.1, -0.05) is 6.42 Å². The SMILES string of the molecule is CC1CCCC(C)N1CCNN=C(N)N. The molecule has 1 aliphatic rings. The summed E-state index contributed by atoms with van der Waals surface area (Å²) in [6, 6.07) is 1.35. The van der Waals surface area contributed by atoms with E-state index in [0.29, 0.717) is 12.1 Å². The molecule has 0 spiro atoms. The molecule has 5 N–H and O–H groups in total. The van der Waals surface area contributed by atoms with Gasteiger partial charge in [0, 0.05) is 25.2 Å². The van der Waals surface area contributed by atoms with E-state index in [1.807, 2.05) is 0 Å². The fourth-order valence-corrected chi connectivity index (χ4v) is 2.24. The van der Waals surface area contributed by atoms with Crippen molar-refractivity contribution in [2.24, 2.45) is 16.6 Å². The Bertz CT molecular complexity index is 202. The van der Waals surface area contributed by atoms with Crippen molar-refractivity contribution in [3.8, 4) is 0 Å². The van der Waals surface area contributed by atoms with Crippen molar-refractivity contribution in [3.63, 3.8) is 0 Å². The Labute approximate surface area is 91.9 Å². The number of hydrazone groups is 1. The topological polar surface area (TPSA) is 79.7 Å². The van der Waals surface area contributed by atoms with Gasteiger partial charge in [0.1, 0.15) is 0 Å². The third-order valence-corrected chi connectivity index (χ3v) is 3.07. The van der Waals surface area contributed by atoms with Crippen LogP contribution in [0.25, 0.3) is 0 Å². The number of hydrogen-bond donors (Lipinski definition) is 3. The van der Waals surface area contributed by atoms with Gasteiger partial charge < -0.3 is 16.9 Å². The van der Waals surface area contributed by atoms with E-state index in [0.717, 1.165) is 13.1 Å². The third-order valence-electron chi connectivity index (χ3n) is 3.07. The minimum atomic E-state index is 0.0924. The predicted octanol–water partition coefficient (Wildman–Crippen LogP) is 0.0273. The summed E-state index contributed by atoms with van der Waals surface area (Å²) in [4.78, 5) is 2.51. The molecule has 1 aliphatic heterocycles. The van der Waals surface area contributed by atoms with E-state index < -0.39 is 0 Å². The first-order chi connectivity index (χ1) is 7.11. The van der Waals surface area contributed by atoms with Gasteiger partial charge in [0.2, 0.25) is 5.96 Å². The van der Waals surface area contributed by atoms with Crippen LogP contribution >= 0.6 is 0 Å². The maximum absolute atomic E-state index is 5.22. The molecule has 0 radical (unpaired) electrons. The molecule has 2 unspecified atom stereocenters. The summed E-state index contributed by atoms with van der Waals surface area (Å²) in [6.07, 6.45) is 3.94. The molecular weight excluding hydrogens is 190 g/mol. The van der Waals surface area contributed by atoms with E-state index in [9.17, 15) is 0 Å². The molecule has 0 aromatic rings. The molecular formula is C10H23N5. The molecule has 0 amide bonds. The molecule has 0 saturated carbocycles. The maximum atomic E-state index is 5.22. The van der Waals surface area contributed by atoms with Crippen molar-refractivity contribution < 1.29 is 0 Å². The number of nitrogens with zero attached hydrogens (tertiary/aromatic N) is 2.